The van der Waals surface area contributed by atoms with Crippen LogP contribution in [0.3, 0.4) is 0 Å². The van der Waals surface area contributed by atoms with Crippen molar-refractivity contribution < 1.29 is 22.7 Å². The number of aliphatic carboxylic acids is 1. The number of carboxylic acids is 1. The first kappa shape index (κ1) is 20.8. The van der Waals surface area contributed by atoms with Crippen molar-refractivity contribution >= 4 is 26.7 Å². The molecular formula is C24H20FNO4S. The molecule has 1 aromatic heterocycles. The van der Waals surface area contributed by atoms with E-state index in [9.17, 15) is 22.7 Å². The highest BCUT2D eigenvalue weighted by Gasteiger charge is 2.35. The third kappa shape index (κ3) is 3.72. The molecule has 158 valence electrons. The van der Waals surface area contributed by atoms with Gasteiger partial charge >= 0.3 is 5.97 Å². The van der Waals surface area contributed by atoms with Gasteiger partial charge in [-0.15, -0.1) is 0 Å². The van der Waals surface area contributed by atoms with Crippen molar-refractivity contribution in [3.05, 3.63) is 102 Å². The topological polar surface area (TPSA) is 76.4 Å². The van der Waals surface area contributed by atoms with Crippen LogP contribution in [0.15, 0.2) is 83.8 Å². The van der Waals surface area contributed by atoms with E-state index in [-0.39, 0.29) is 11.4 Å². The summed E-state index contributed by atoms with van der Waals surface area (Å²) in [5.41, 5.74) is 1.84. The van der Waals surface area contributed by atoms with E-state index in [0.29, 0.717) is 27.7 Å². The van der Waals surface area contributed by atoms with Gasteiger partial charge in [0.05, 0.1) is 4.90 Å². The van der Waals surface area contributed by atoms with E-state index in [1.807, 2.05) is 0 Å². The Kier molecular flexibility index (Phi) is 5.37. The molecule has 0 aliphatic rings. The van der Waals surface area contributed by atoms with Crippen molar-refractivity contribution in [2.24, 2.45) is 0 Å². The van der Waals surface area contributed by atoms with E-state index < -0.39 is 26.9 Å². The number of carbonyl (C=O) groups is 1. The fraction of sp³-hybridized carbons (Fsp3) is 0.125. The van der Waals surface area contributed by atoms with Gasteiger partial charge in [-0.3, -0.25) is 4.79 Å². The third-order valence-electron chi connectivity index (χ3n) is 5.37. The van der Waals surface area contributed by atoms with E-state index in [4.69, 9.17) is 0 Å². The maximum atomic E-state index is 14.2. The Hall–Kier alpha value is -3.45. The molecular weight excluding hydrogens is 417 g/mol. The van der Waals surface area contributed by atoms with Crippen molar-refractivity contribution in [2.75, 3.05) is 0 Å². The summed E-state index contributed by atoms with van der Waals surface area (Å²) in [5.74, 6) is -1.59. The van der Waals surface area contributed by atoms with E-state index in [1.54, 1.807) is 55.5 Å². The van der Waals surface area contributed by atoms with Crippen LogP contribution in [-0.2, 0) is 21.2 Å². The van der Waals surface area contributed by atoms with Crippen molar-refractivity contribution in [1.29, 1.82) is 0 Å². The SMILES string of the molecule is Cc1c(C(c2ccccc2)S(=O)(=O)c2ccccc2)c2cc(F)ccc2n1CC(=O)O. The third-order valence-corrected chi connectivity index (χ3v) is 7.43. The number of carboxylic acid groups (broad SMARTS) is 1. The van der Waals surface area contributed by atoms with Crippen molar-refractivity contribution in [3.63, 3.8) is 0 Å². The molecule has 1 heterocycles. The van der Waals surface area contributed by atoms with Crippen molar-refractivity contribution in [1.82, 2.24) is 4.57 Å². The molecule has 0 aliphatic heterocycles. The predicted molar refractivity (Wildman–Crippen MR) is 116 cm³/mol. The first-order valence-electron chi connectivity index (χ1n) is 9.64. The normalized spacial score (nSPS) is 12.7. The molecule has 31 heavy (non-hydrogen) atoms. The van der Waals surface area contributed by atoms with Gasteiger partial charge in [0.1, 0.15) is 17.6 Å². The van der Waals surface area contributed by atoms with Gasteiger partial charge in [0, 0.05) is 22.2 Å². The zero-order chi connectivity index (χ0) is 22.2. The Morgan fingerprint density at radius 3 is 2.23 bits per heavy atom. The standard InChI is InChI=1S/C24H20FNO4S/c1-16-23(20-14-18(25)12-13-21(20)26(16)15-22(27)28)24(17-8-4-2-5-9-17)31(29,30)19-10-6-3-7-11-19/h2-14,24H,15H2,1H3,(H,27,28). The van der Waals surface area contributed by atoms with E-state index in [0.717, 1.165) is 0 Å². The van der Waals surface area contributed by atoms with Gasteiger partial charge < -0.3 is 9.67 Å². The Bertz CT molecular complexity index is 1360. The van der Waals surface area contributed by atoms with E-state index in [2.05, 4.69) is 0 Å². The number of nitrogens with zero attached hydrogens (tertiary/aromatic N) is 1. The average Bonchev–Trinajstić information content (AvgIpc) is 3.00. The van der Waals surface area contributed by atoms with Gasteiger partial charge in [0.25, 0.3) is 0 Å². The number of halogens is 1. The summed E-state index contributed by atoms with van der Waals surface area (Å²) >= 11 is 0. The summed E-state index contributed by atoms with van der Waals surface area (Å²) in [6.07, 6.45) is 0. The number of rotatable bonds is 6. The van der Waals surface area contributed by atoms with Crippen molar-refractivity contribution in [3.8, 4) is 0 Å². The molecule has 7 heteroatoms. The predicted octanol–water partition coefficient (Wildman–Crippen LogP) is 4.74. The maximum absolute atomic E-state index is 14.2. The zero-order valence-electron chi connectivity index (χ0n) is 16.7. The minimum atomic E-state index is -3.93. The number of aromatic nitrogens is 1. The fourth-order valence-corrected chi connectivity index (χ4v) is 5.96. The molecule has 1 unspecified atom stereocenters. The van der Waals surface area contributed by atoms with Gasteiger partial charge in [-0.1, -0.05) is 48.5 Å². The van der Waals surface area contributed by atoms with Crippen LogP contribution in [0.4, 0.5) is 4.39 Å². The molecule has 0 radical (unpaired) electrons. The van der Waals surface area contributed by atoms with Gasteiger partial charge in [-0.25, -0.2) is 12.8 Å². The lowest BCUT2D eigenvalue weighted by Gasteiger charge is -2.20. The second-order valence-electron chi connectivity index (χ2n) is 7.29. The molecule has 0 spiro atoms. The van der Waals surface area contributed by atoms with Crippen LogP contribution in [0.25, 0.3) is 10.9 Å². The Morgan fingerprint density at radius 1 is 1.00 bits per heavy atom. The van der Waals surface area contributed by atoms with Gasteiger partial charge in [-0.05, 0) is 42.8 Å². The lowest BCUT2D eigenvalue weighted by atomic mass is 10.0. The first-order chi connectivity index (χ1) is 14.8. The smallest absolute Gasteiger partial charge is 0.323 e. The van der Waals surface area contributed by atoms with Crippen LogP contribution >= 0.6 is 0 Å². The molecule has 3 aromatic carbocycles. The number of benzene rings is 3. The van der Waals surface area contributed by atoms with Crippen LogP contribution in [0.5, 0.6) is 0 Å². The summed E-state index contributed by atoms with van der Waals surface area (Å²) < 4.78 is 43.4. The summed E-state index contributed by atoms with van der Waals surface area (Å²) in [6.45, 7) is 1.31. The minimum Gasteiger partial charge on any atom is -0.480 e. The molecule has 4 aromatic rings. The summed E-state index contributed by atoms with van der Waals surface area (Å²) in [7, 11) is -3.93. The molecule has 0 fully saturated rings. The summed E-state index contributed by atoms with van der Waals surface area (Å²) in [4.78, 5) is 11.6. The largest absolute Gasteiger partial charge is 0.480 e. The molecule has 0 aliphatic carbocycles. The quantitative estimate of drug-likeness (QED) is 0.473. The second kappa shape index (κ2) is 8.00. The highest BCUT2D eigenvalue weighted by atomic mass is 32.2. The number of hydrogen-bond acceptors (Lipinski definition) is 3. The first-order valence-corrected chi connectivity index (χ1v) is 11.2. The molecule has 4 rings (SSSR count). The Morgan fingerprint density at radius 2 is 1.61 bits per heavy atom. The fourth-order valence-electron chi connectivity index (χ4n) is 4.03. The summed E-state index contributed by atoms with van der Waals surface area (Å²) in [5, 5.41) is 8.65. The highest BCUT2D eigenvalue weighted by Crippen LogP contribution is 2.41. The molecule has 0 bridgehead atoms. The number of hydrogen-bond donors (Lipinski definition) is 1. The Balaban J connectivity index is 2.09. The Labute approximate surface area is 179 Å². The van der Waals surface area contributed by atoms with Gasteiger partial charge in [0.2, 0.25) is 0 Å². The van der Waals surface area contributed by atoms with Crippen LogP contribution in [0.1, 0.15) is 22.1 Å². The van der Waals surface area contributed by atoms with Crippen LogP contribution in [0, 0.1) is 12.7 Å². The van der Waals surface area contributed by atoms with Gasteiger partial charge in [-0.2, -0.15) is 0 Å². The minimum absolute atomic E-state index is 0.138. The average molecular weight is 437 g/mol. The van der Waals surface area contributed by atoms with Crippen LogP contribution < -0.4 is 0 Å². The zero-order valence-corrected chi connectivity index (χ0v) is 17.5. The monoisotopic (exact) mass is 437 g/mol. The molecule has 0 saturated heterocycles. The highest BCUT2D eigenvalue weighted by molar-refractivity contribution is 7.92. The van der Waals surface area contributed by atoms with E-state index in [1.165, 1.54) is 34.9 Å². The molecule has 1 N–H and O–H groups in total. The summed E-state index contributed by atoms with van der Waals surface area (Å²) in [6, 6.07) is 20.8. The van der Waals surface area contributed by atoms with Crippen molar-refractivity contribution in [2.45, 2.75) is 23.6 Å². The lowest BCUT2D eigenvalue weighted by Crippen LogP contribution is -2.17. The second-order valence-corrected chi connectivity index (χ2v) is 9.32. The van der Waals surface area contributed by atoms with Gasteiger partial charge in [0.15, 0.2) is 9.84 Å². The van der Waals surface area contributed by atoms with Crippen LogP contribution in [-0.4, -0.2) is 24.1 Å². The number of sulfone groups is 1. The number of fused-ring (bicyclic) bond motifs is 1. The van der Waals surface area contributed by atoms with Crippen LogP contribution in [0.2, 0.25) is 0 Å². The molecule has 0 saturated carbocycles. The lowest BCUT2D eigenvalue weighted by molar-refractivity contribution is -0.137. The molecule has 5 nitrogen and oxygen atoms in total. The molecule has 1 atom stereocenters. The molecule has 0 amide bonds. The van der Waals surface area contributed by atoms with E-state index >= 15 is 0 Å². The maximum Gasteiger partial charge on any atom is 0.323 e.